The van der Waals surface area contributed by atoms with Gasteiger partial charge in [-0.1, -0.05) is 19.1 Å². The maximum absolute atomic E-state index is 5.67. The minimum atomic E-state index is 0.213. The van der Waals surface area contributed by atoms with Crippen LogP contribution in [-0.2, 0) is 13.0 Å². The number of rotatable bonds is 7. The second-order valence-electron chi connectivity index (χ2n) is 5.41. The number of aromatic nitrogens is 1. The SMILES string of the molecule is CCc1ncc(CNC(C)c2ccc(OC(C)C)cc2)s1. The molecule has 4 heteroatoms. The fraction of sp³-hybridized carbons (Fsp3) is 0.471. The van der Waals surface area contributed by atoms with Crippen molar-refractivity contribution in [3.05, 3.63) is 45.9 Å². The van der Waals surface area contributed by atoms with E-state index in [9.17, 15) is 0 Å². The molecule has 0 amide bonds. The van der Waals surface area contributed by atoms with Crippen LogP contribution in [-0.4, -0.2) is 11.1 Å². The molecule has 0 radical (unpaired) electrons. The lowest BCUT2D eigenvalue weighted by Gasteiger charge is -2.15. The summed E-state index contributed by atoms with van der Waals surface area (Å²) in [4.78, 5) is 5.68. The summed E-state index contributed by atoms with van der Waals surface area (Å²) in [7, 11) is 0. The van der Waals surface area contributed by atoms with E-state index < -0.39 is 0 Å². The summed E-state index contributed by atoms with van der Waals surface area (Å²) in [5.74, 6) is 0.927. The van der Waals surface area contributed by atoms with E-state index >= 15 is 0 Å². The van der Waals surface area contributed by atoms with Crippen molar-refractivity contribution in [3.8, 4) is 5.75 Å². The van der Waals surface area contributed by atoms with Gasteiger partial charge in [0.25, 0.3) is 0 Å². The highest BCUT2D eigenvalue weighted by molar-refractivity contribution is 7.11. The normalized spacial score (nSPS) is 12.6. The average Bonchev–Trinajstić information content (AvgIpc) is 2.93. The molecule has 2 rings (SSSR count). The predicted molar refractivity (Wildman–Crippen MR) is 89.0 cm³/mol. The highest BCUT2D eigenvalue weighted by Crippen LogP contribution is 2.20. The Hall–Kier alpha value is -1.39. The minimum Gasteiger partial charge on any atom is -0.491 e. The van der Waals surface area contributed by atoms with Gasteiger partial charge in [0.1, 0.15) is 5.75 Å². The molecule has 0 spiro atoms. The molecule has 1 aromatic heterocycles. The van der Waals surface area contributed by atoms with Crippen LogP contribution in [0.1, 0.15) is 49.2 Å². The quantitative estimate of drug-likeness (QED) is 0.826. The van der Waals surface area contributed by atoms with E-state index in [1.807, 2.05) is 32.2 Å². The predicted octanol–water partition coefficient (Wildman–Crippen LogP) is 4.34. The lowest BCUT2D eigenvalue weighted by molar-refractivity contribution is 0.242. The molecule has 0 aliphatic rings. The highest BCUT2D eigenvalue weighted by atomic mass is 32.1. The van der Waals surface area contributed by atoms with Gasteiger partial charge in [0.05, 0.1) is 11.1 Å². The van der Waals surface area contributed by atoms with E-state index in [0.717, 1.165) is 18.7 Å². The van der Waals surface area contributed by atoms with Crippen molar-refractivity contribution >= 4 is 11.3 Å². The molecular formula is C17H24N2OS. The Morgan fingerprint density at radius 1 is 1.19 bits per heavy atom. The summed E-state index contributed by atoms with van der Waals surface area (Å²) in [6, 6.07) is 8.63. The molecule has 1 unspecified atom stereocenters. The molecule has 2 aromatic rings. The summed E-state index contributed by atoms with van der Waals surface area (Å²) >= 11 is 1.79. The standard InChI is InChI=1S/C17H24N2OS/c1-5-17-19-11-16(21-17)10-18-13(4)14-6-8-15(9-7-14)20-12(2)3/h6-9,11-13,18H,5,10H2,1-4H3. The Labute approximate surface area is 131 Å². The van der Waals surface area contributed by atoms with Gasteiger partial charge >= 0.3 is 0 Å². The number of benzene rings is 1. The smallest absolute Gasteiger partial charge is 0.119 e. The van der Waals surface area contributed by atoms with Gasteiger partial charge < -0.3 is 10.1 Å². The number of nitrogens with one attached hydrogen (secondary N) is 1. The first kappa shape index (κ1) is 16.0. The zero-order valence-electron chi connectivity index (χ0n) is 13.2. The third-order valence-corrected chi connectivity index (χ3v) is 4.38. The number of nitrogens with zero attached hydrogens (tertiary/aromatic N) is 1. The number of ether oxygens (including phenoxy) is 1. The fourth-order valence-corrected chi connectivity index (χ4v) is 2.89. The van der Waals surface area contributed by atoms with E-state index in [0.29, 0.717) is 6.04 Å². The Balaban J connectivity index is 1.89. The molecule has 21 heavy (non-hydrogen) atoms. The molecule has 0 fully saturated rings. The van der Waals surface area contributed by atoms with Crippen LogP contribution in [0, 0.1) is 0 Å². The van der Waals surface area contributed by atoms with Gasteiger partial charge in [-0.15, -0.1) is 11.3 Å². The van der Waals surface area contributed by atoms with Crippen molar-refractivity contribution in [2.45, 2.75) is 52.8 Å². The molecule has 1 N–H and O–H groups in total. The molecule has 0 saturated carbocycles. The van der Waals surface area contributed by atoms with E-state index in [4.69, 9.17) is 4.74 Å². The zero-order valence-corrected chi connectivity index (χ0v) is 14.0. The monoisotopic (exact) mass is 304 g/mol. The summed E-state index contributed by atoms with van der Waals surface area (Å²) in [5.41, 5.74) is 1.27. The van der Waals surface area contributed by atoms with Gasteiger partial charge in [0.2, 0.25) is 0 Å². The highest BCUT2D eigenvalue weighted by Gasteiger charge is 2.07. The van der Waals surface area contributed by atoms with E-state index in [1.54, 1.807) is 11.3 Å². The summed E-state index contributed by atoms with van der Waals surface area (Å²) in [6.07, 6.45) is 3.20. The van der Waals surface area contributed by atoms with Gasteiger partial charge in [-0.2, -0.15) is 0 Å². The van der Waals surface area contributed by atoms with Crippen molar-refractivity contribution in [2.75, 3.05) is 0 Å². The van der Waals surface area contributed by atoms with Crippen LogP contribution in [0.2, 0.25) is 0 Å². The van der Waals surface area contributed by atoms with Gasteiger partial charge in [0, 0.05) is 23.7 Å². The number of hydrogen-bond donors (Lipinski definition) is 1. The lowest BCUT2D eigenvalue weighted by Crippen LogP contribution is -2.17. The van der Waals surface area contributed by atoms with E-state index in [2.05, 4.69) is 36.3 Å². The molecule has 3 nitrogen and oxygen atoms in total. The van der Waals surface area contributed by atoms with Gasteiger partial charge in [-0.3, -0.25) is 0 Å². The second-order valence-corrected chi connectivity index (χ2v) is 6.61. The maximum Gasteiger partial charge on any atom is 0.119 e. The summed E-state index contributed by atoms with van der Waals surface area (Å²) in [6.45, 7) is 9.26. The minimum absolute atomic E-state index is 0.213. The lowest BCUT2D eigenvalue weighted by atomic mass is 10.1. The Morgan fingerprint density at radius 3 is 2.48 bits per heavy atom. The number of aryl methyl sites for hydroxylation is 1. The molecule has 0 bridgehead atoms. The van der Waals surface area contributed by atoms with Crippen LogP contribution in [0.3, 0.4) is 0 Å². The number of thiazole rings is 1. The van der Waals surface area contributed by atoms with Crippen LogP contribution in [0.15, 0.2) is 30.5 Å². The van der Waals surface area contributed by atoms with Gasteiger partial charge in [0.15, 0.2) is 0 Å². The van der Waals surface area contributed by atoms with Crippen LogP contribution in [0.25, 0.3) is 0 Å². The van der Waals surface area contributed by atoms with Gasteiger partial charge in [-0.25, -0.2) is 4.98 Å². The Morgan fingerprint density at radius 2 is 1.90 bits per heavy atom. The summed E-state index contributed by atoms with van der Waals surface area (Å²) < 4.78 is 5.67. The van der Waals surface area contributed by atoms with Crippen LogP contribution >= 0.6 is 11.3 Å². The van der Waals surface area contributed by atoms with Gasteiger partial charge in [-0.05, 0) is 44.9 Å². The first-order valence-electron chi connectivity index (χ1n) is 7.52. The zero-order chi connectivity index (χ0) is 15.2. The van der Waals surface area contributed by atoms with Crippen molar-refractivity contribution in [3.63, 3.8) is 0 Å². The average molecular weight is 304 g/mol. The maximum atomic E-state index is 5.67. The molecule has 1 atom stereocenters. The molecular weight excluding hydrogens is 280 g/mol. The molecule has 0 aliphatic carbocycles. The molecule has 114 valence electrons. The Kier molecular flexibility index (Phi) is 5.76. The Bertz CT molecular complexity index is 548. The largest absolute Gasteiger partial charge is 0.491 e. The molecule has 0 aliphatic heterocycles. The third-order valence-electron chi connectivity index (χ3n) is 3.24. The second kappa shape index (κ2) is 7.57. The first-order valence-corrected chi connectivity index (χ1v) is 8.33. The van der Waals surface area contributed by atoms with E-state index in [1.165, 1.54) is 15.4 Å². The third kappa shape index (κ3) is 4.83. The van der Waals surface area contributed by atoms with Crippen molar-refractivity contribution in [1.29, 1.82) is 0 Å². The van der Waals surface area contributed by atoms with Crippen molar-refractivity contribution in [1.82, 2.24) is 10.3 Å². The fourth-order valence-electron chi connectivity index (χ4n) is 2.07. The van der Waals surface area contributed by atoms with Crippen LogP contribution < -0.4 is 10.1 Å². The van der Waals surface area contributed by atoms with Crippen LogP contribution in [0.5, 0.6) is 5.75 Å². The molecule has 1 aromatic carbocycles. The first-order chi connectivity index (χ1) is 10.1. The number of hydrogen-bond acceptors (Lipinski definition) is 4. The topological polar surface area (TPSA) is 34.2 Å². The molecule has 1 heterocycles. The van der Waals surface area contributed by atoms with Crippen LogP contribution in [0.4, 0.5) is 0 Å². The molecule has 0 saturated heterocycles. The summed E-state index contributed by atoms with van der Waals surface area (Å²) in [5, 5.41) is 4.75. The van der Waals surface area contributed by atoms with Crippen molar-refractivity contribution in [2.24, 2.45) is 0 Å². The van der Waals surface area contributed by atoms with E-state index in [-0.39, 0.29) is 6.10 Å². The van der Waals surface area contributed by atoms with Crippen molar-refractivity contribution < 1.29 is 4.74 Å².